The number of para-hydroxylation sites is 1. The number of ether oxygens (including phenoxy) is 2. The number of rotatable bonds is 8. The van der Waals surface area contributed by atoms with Crippen molar-refractivity contribution in [3.05, 3.63) is 53.6 Å². The Labute approximate surface area is 153 Å². The van der Waals surface area contributed by atoms with Crippen LogP contribution in [0, 0.1) is 0 Å². The van der Waals surface area contributed by atoms with Gasteiger partial charge in [0.25, 0.3) is 5.91 Å². The molecular formula is C20H25N2O4+. The van der Waals surface area contributed by atoms with Crippen LogP contribution in [0.2, 0.25) is 0 Å². The number of hydrogen-bond donors (Lipinski definition) is 2. The Hall–Kier alpha value is -2.86. The number of Topliss-reactive ketones (excluding diaryl/α,β-unsaturated/α-hetero) is 1. The van der Waals surface area contributed by atoms with Crippen LogP contribution in [0.4, 0.5) is 5.69 Å². The molecule has 0 saturated carbocycles. The third-order valence-electron chi connectivity index (χ3n) is 3.99. The summed E-state index contributed by atoms with van der Waals surface area (Å²) in [6.07, 6.45) is 0. The normalized spacial score (nSPS) is 11.5. The first kappa shape index (κ1) is 19.5. The summed E-state index contributed by atoms with van der Waals surface area (Å²) in [6.45, 7) is 2.40. The van der Waals surface area contributed by atoms with Gasteiger partial charge in [-0.3, -0.25) is 9.59 Å². The van der Waals surface area contributed by atoms with Gasteiger partial charge in [-0.05, 0) is 31.2 Å². The molecule has 0 fully saturated rings. The average molecular weight is 357 g/mol. The predicted octanol–water partition coefficient (Wildman–Crippen LogP) is 1.56. The van der Waals surface area contributed by atoms with E-state index in [0.29, 0.717) is 29.3 Å². The number of ketones is 1. The van der Waals surface area contributed by atoms with E-state index in [4.69, 9.17) is 9.47 Å². The molecule has 26 heavy (non-hydrogen) atoms. The SMILES string of the molecule is COc1cccc(C[NH+](C)CC(=O)Nc2cccc(C(C)=O)c2)c1OC. The topological polar surface area (TPSA) is 69.1 Å². The molecule has 0 aliphatic carbocycles. The van der Waals surface area contributed by atoms with Crippen LogP contribution in [0.1, 0.15) is 22.8 Å². The molecule has 1 amide bonds. The second-order valence-corrected chi connectivity index (χ2v) is 6.15. The number of hydrogen-bond acceptors (Lipinski definition) is 4. The van der Waals surface area contributed by atoms with E-state index in [0.717, 1.165) is 10.5 Å². The summed E-state index contributed by atoms with van der Waals surface area (Å²) >= 11 is 0. The van der Waals surface area contributed by atoms with E-state index in [-0.39, 0.29) is 18.2 Å². The van der Waals surface area contributed by atoms with Gasteiger partial charge in [0.1, 0.15) is 6.54 Å². The summed E-state index contributed by atoms with van der Waals surface area (Å²) in [6, 6.07) is 12.6. The van der Waals surface area contributed by atoms with E-state index < -0.39 is 0 Å². The molecule has 1 atom stereocenters. The molecule has 0 saturated heterocycles. The van der Waals surface area contributed by atoms with E-state index in [9.17, 15) is 9.59 Å². The number of amides is 1. The molecule has 0 spiro atoms. The van der Waals surface area contributed by atoms with Crippen LogP contribution >= 0.6 is 0 Å². The van der Waals surface area contributed by atoms with Crippen molar-refractivity contribution >= 4 is 17.4 Å². The second-order valence-electron chi connectivity index (χ2n) is 6.15. The number of benzene rings is 2. The van der Waals surface area contributed by atoms with Crippen molar-refractivity contribution < 1.29 is 24.0 Å². The first-order valence-corrected chi connectivity index (χ1v) is 8.36. The molecule has 0 heterocycles. The fourth-order valence-electron chi connectivity index (χ4n) is 2.78. The van der Waals surface area contributed by atoms with E-state index in [1.54, 1.807) is 38.5 Å². The lowest BCUT2D eigenvalue weighted by Crippen LogP contribution is -3.08. The van der Waals surface area contributed by atoms with Gasteiger partial charge in [0.2, 0.25) is 0 Å². The highest BCUT2D eigenvalue weighted by Crippen LogP contribution is 2.29. The molecule has 2 rings (SSSR count). The van der Waals surface area contributed by atoms with Crippen LogP contribution in [-0.4, -0.2) is 39.5 Å². The van der Waals surface area contributed by atoms with Crippen molar-refractivity contribution in [1.29, 1.82) is 0 Å². The summed E-state index contributed by atoms with van der Waals surface area (Å²) in [5.74, 6) is 1.20. The third kappa shape index (κ3) is 5.07. The molecule has 6 nitrogen and oxygen atoms in total. The lowest BCUT2D eigenvalue weighted by atomic mass is 10.1. The Kier molecular flexibility index (Phi) is 6.74. The zero-order valence-corrected chi connectivity index (χ0v) is 15.6. The molecular weight excluding hydrogens is 332 g/mol. The Balaban J connectivity index is 2.00. The number of likely N-dealkylation sites (N-methyl/N-ethyl adjacent to an activating group) is 1. The van der Waals surface area contributed by atoms with Crippen molar-refractivity contribution in [2.24, 2.45) is 0 Å². The average Bonchev–Trinajstić information content (AvgIpc) is 2.61. The van der Waals surface area contributed by atoms with Crippen LogP contribution in [0.25, 0.3) is 0 Å². The highest BCUT2D eigenvalue weighted by Gasteiger charge is 2.16. The van der Waals surface area contributed by atoms with Crippen LogP contribution in [0.3, 0.4) is 0 Å². The summed E-state index contributed by atoms with van der Waals surface area (Å²) in [5.41, 5.74) is 2.16. The molecule has 2 aromatic rings. The minimum atomic E-state index is -0.120. The molecule has 2 aromatic carbocycles. The van der Waals surface area contributed by atoms with Crippen LogP contribution in [0.5, 0.6) is 11.5 Å². The van der Waals surface area contributed by atoms with Gasteiger partial charge >= 0.3 is 0 Å². The van der Waals surface area contributed by atoms with E-state index in [1.165, 1.54) is 6.92 Å². The van der Waals surface area contributed by atoms with Crippen molar-refractivity contribution in [2.45, 2.75) is 13.5 Å². The Morgan fingerprint density at radius 2 is 1.81 bits per heavy atom. The summed E-state index contributed by atoms with van der Waals surface area (Å²) in [7, 11) is 5.14. The van der Waals surface area contributed by atoms with Crippen LogP contribution < -0.4 is 19.7 Å². The van der Waals surface area contributed by atoms with Gasteiger partial charge in [-0.1, -0.05) is 18.2 Å². The van der Waals surface area contributed by atoms with E-state index >= 15 is 0 Å². The van der Waals surface area contributed by atoms with Gasteiger partial charge in [-0.25, -0.2) is 0 Å². The highest BCUT2D eigenvalue weighted by molar-refractivity contribution is 5.97. The standard InChI is InChI=1S/C20H24N2O4/c1-14(23)15-7-5-9-17(11-15)21-19(24)13-22(2)12-16-8-6-10-18(25-3)20(16)26-4/h5-11H,12-13H2,1-4H3,(H,21,24)/p+1. The maximum absolute atomic E-state index is 12.3. The number of quaternary nitrogens is 1. The Morgan fingerprint density at radius 1 is 1.08 bits per heavy atom. The number of nitrogens with one attached hydrogen (secondary N) is 2. The lowest BCUT2D eigenvalue weighted by molar-refractivity contribution is -0.885. The molecule has 0 aliphatic rings. The number of anilines is 1. The zero-order chi connectivity index (χ0) is 19.1. The van der Waals surface area contributed by atoms with Gasteiger partial charge < -0.3 is 19.7 Å². The molecule has 2 N–H and O–H groups in total. The van der Waals surface area contributed by atoms with Crippen molar-refractivity contribution in [1.82, 2.24) is 0 Å². The third-order valence-corrected chi connectivity index (χ3v) is 3.99. The largest absolute Gasteiger partial charge is 0.493 e. The highest BCUT2D eigenvalue weighted by atomic mass is 16.5. The van der Waals surface area contributed by atoms with Gasteiger partial charge in [0, 0.05) is 11.3 Å². The number of methoxy groups -OCH3 is 2. The fourth-order valence-corrected chi connectivity index (χ4v) is 2.78. The van der Waals surface area contributed by atoms with Crippen molar-refractivity contribution in [2.75, 3.05) is 33.1 Å². The quantitative estimate of drug-likeness (QED) is 0.704. The smallest absolute Gasteiger partial charge is 0.279 e. The Morgan fingerprint density at radius 3 is 2.46 bits per heavy atom. The molecule has 0 bridgehead atoms. The fraction of sp³-hybridized carbons (Fsp3) is 0.300. The van der Waals surface area contributed by atoms with Gasteiger partial charge in [0.05, 0.1) is 26.8 Å². The van der Waals surface area contributed by atoms with Crippen molar-refractivity contribution in [3.63, 3.8) is 0 Å². The maximum atomic E-state index is 12.3. The monoisotopic (exact) mass is 357 g/mol. The second kappa shape index (κ2) is 9.01. The van der Waals surface area contributed by atoms with E-state index in [1.807, 2.05) is 25.2 Å². The molecule has 138 valence electrons. The van der Waals surface area contributed by atoms with E-state index in [2.05, 4.69) is 5.32 Å². The minimum absolute atomic E-state index is 0.0334. The number of carbonyl (C=O) groups excluding carboxylic acids is 2. The van der Waals surface area contributed by atoms with Crippen LogP contribution in [0.15, 0.2) is 42.5 Å². The Bertz CT molecular complexity index is 789. The minimum Gasteiger partial charge on any atom is -0.493 e. The zero-order valence-electron chi connectivity index (χ0n) is 15.6. The molecule has 0 aromatic heterocycles. The number of carbonyl (C=O) groups is 2. The molecule has 6 heteroatoms. The molecule has 0 radical (unpaired) electrons. The summed E-state index contributed by atoms with van der Waals surface area (Å²) in [5, 5.41) is 2.84. The van der Waals surface area contributed by atoms with Crippen LogP contribution in [-0.2, 0) is 11.3 Å². The van der Waals surface area contributed by atoms with Gasteiger partial charge in [-0.2, -0.15) is 0 Å². The molecule has 1 unspecified atom stereocenters. The summed E-state index contributed by atoms with van der Waals surface area (Å²) < 4.78 is 10.7. The first-order chi connectivity index (χ1) is 12.4. The maximum Gasteiger partial charge on any atom is 0.279 e. The van der Waals surface area contributed by atoms with Gasteiger partial charge in [-0.15, -0.1) is 0 Å². The van der Waals surface area contributed by atoms with Crippen molar-refractivity contribution in [3.8, 4) is 11.5 Å². The first-order valence-electron chi connectivity index (χ1n) is 8.36. The van der Waals surface area contributed by atoms with Gasteiger partial charge in [0.15, 0.2) is 23.8 Å². The lowest BCUT2D eigenvalue weighted by Gasteiger charge is -2.17. The summed E-state index contributed by atoms with van der Waals surface area (Å²) in [4.78, 5) is 24.7. The predicted molar refractivity (Wildman–Crippen MR) is 100 cm³/mol. The molecule has 0 aliphatic heterocycles.